The molecule has 1 fully saturated rings. The molecule has 0 saturated carbocycles. The lowest BCUT2D eigenvalue weighted by molar-refractivity contribution is -0.117. The van der Waals surface area contributed by atoms with E-state index in [1.165, 1.54) is 4.90 Å². The maximum atomic E-state index is 11.7. The zero-order chi connectivity index (χ0) is 12.7. The van der Waals surface area contributed by atoms with Gasteiger partial charge in [-0.1, -0.05) is 0 Å². The molecule has 96 valence electrons. The van der Waals surface area contributed by atoms with E-state index in [0.717, 1.165) is 12.1 Å². The summed E-state index contributed by atoms with van der Waals surface area (Å²) in [6.07, 6.45) is 2.15. The fourth-order valence-electron chi connectivity index (χ4n) is 2.50. The van der Waals surface area contributed by atoms with E-state index in [9.17, 15) is 9.59 Å². The van der Waals surface area contributed by atoms with E-state index in [-0.39, 0.29) is 5.91 Å². The molecule has 0 aromatic carbocycles. The second-order valence-electron chi connectivity index (χ2n) is 4.56. The first kappa shape index (κ1) is 11.1. The molecule has 2 aliphatic rings. The van der Waals surface area contributed by atoms with Crippen LogP contribution < -0.4 is 4.90 Å². The van der Waals surface area contributed by atoms with Crippen LogP contribution in [-0.4, -0.2) is 44.6 Å². The van der Waals surface area contributed by atoms with Gasteiger partial charge in [0.1, 0.15) is 0 Å². The van der Waals surface area contributed by atoms with E-state index in [1.807, 2.05) is 4.57 Å². The minimum absolute atomic E-state index is 0.0731. The Kier molecular flexibility index (Phi) is 2.46. The topological polar surface area (TPSA) is 78.7 Å². The van der Waals surface area contributed by atoms with Gasteiger partial charge in [-0.2, -0.15) is 0 Å². The summed E-state index contributed by atoms with van der Waals surface area (Å²) in [6.45, 7) is 2.03. The molecule has 18 heavy (non-hydrogen) atoms. The number of carbonyl (C=O) groups excluding carboxylic acids is 1. The van der Waals surface area contributed by atoms with Crippen molar-refractivity contribution >= 4 is 17.8 Å². The van der Waals surface area contributed by atoms with Crippen LogP contribution in [0.2, 0.25) is 0 Å². The molecule has 0 bridgehead atoms. The number of carbonyl (C=O) groups is 2. The summed E-state index contributed by atoms with van der Waals surface area (Å²) in [5.41, 5.74) is 0.818. The summed E-state index contributed by atoms with van der Waals surface area (Å²) in [5, 5.41) is 9.03. The Hall–Kier alpha value is -2.05. The van der Waals surface area contributed by atoms with Crippen LogP contribution in [0.1, 0.15) is 18.5 Å². The zero-order valence-corrected chi connectivity index (χ0v) is 9.87. The highest BCUT2D eigenvalue weighted by atomic mass is 16.4. The third-order valence-corrected chi connectivity index (χ3v) is 3.48. The maximum Gasteiger partial charge on any atom is 0.407 e. The molecule has 0 aliphatic carbocycles. The molecule has 0 radical (unpaired) electrons. The number of imidazole rings is 1. The molecular formula is C11H14N4O3. The Labute approximate surface area is 104 Å². The Morgan fingerprint density at radius 2 is 2.17 bits per heavy atom. The van der Waals surface area contributed by atoms with Gasteiger partial charge in [-0.15, -0.1) is 0 Å². The molecule has 7 nitrogen and oxygen atoms in total. The van der Waals surface area contributed by atoms with Gasteiger partial charge < -0.3 is 14.6 Å². The summed E-state index contributed by atoms with van der Waals surface area (Å²) < 4.78 is 1.93. The molecule has 1 N–H and O–H groups in total. The Balaban J connectivity index is 1.92. The predicted octanol–water partition coefficient (Wildman–Crippen LogP) is 0.503. The fourth-order valence-corrected chi connectivity index (χ4v) is 2.50. The van der Waals surface area contributed by atoms with Gasteiger partial charge in [0.15, 0.2) is 5.82 Å². The Morgan fingerprint density at radius 1 is 1.33 bits per heavy atom. The monoisotopic (exact) mass is 250 g/mol. The highest BCUT2D eigenvalue weighted by Crippen LogP contribution is 2.27. The van der Waals surface area contributed by atoms with Crippen LogP contribution >= 0.6 is 0 Å². The number of carboxylic acid groups (broad SMARTS) is 1. The van der Waals surface area contributed by atoms with Crippen molar-refractivity contribution in [1.82, 2.24) is 14.5 Å². The molecule has 2 aliphatic heterocycles. The first-order chi connectivity index (χ1) is 8.66. The van der Waals surface area contributed by atoms with Crippen molar-refractivity contribution in [3.05, 3.63) is 12.0 Å². The van der Waals surface area contributed by atoms with Crippen LogP contribution in [-0.2, 0) is 17.9 Å². The molecule has 3 heterocycles. The molecule has 1 aromatic heterocycles. The van der Waals surface area contributed by atoms with Gasteiger partial charge in [-0.25, -0.2) is 9.78 Å². The Morgan fingerprint density at radius 3 is 2.83 bits per heavy atom. The van der Waals surface area contributed by atoms with E-state index in [0.29, 0.717) is 38.4 Å². The predicted molar refractivity (Wildman–Crippen MR) is 62.2 cm³/mol. The summed E-state index contributed by atoms with van der Waals surface area (Å²) in [7, 11) is 0. The number of hydrogen-bond acceptors (Lipinski definition) is 3. The van der Waals surface area contributed by atoms with Crippen LogP contribution in [0, 0.1) is 0 Å². The van der Waals surface area contributed by atoms with Crippen molar-refractivity contribution in [3.63, 3.8) is 0 Å². The van der Waals surface area contributed by atoms with Crippen molar-refractivity contribution in [2.75, 3.05) is 18.0 Å². The molecule has 0 unspecified atom stereocenters. The number of anilines is 1. The number of hydrogen-bond donors (Lipinski definition) is 1. The van der Waals surface area contributed by atoms with Crippen molar-refractivity contribution in [2.24, 2.45) is 0 Å². The molecule has 0 spiro atoms. The third-order valence-electron chi connectivity index (χ3n) is 3.48. The highest BCUT2D eigenvalue weighted by molar-refractivity contribution is 5.95. The van der Waals surface area contributed by atoms with Crippen LogP contribution in [0.5, 0.6) is 0 Å². The first-order valence-corrected chi connectivity index (χ1v) is 5.99. The average Bonchev–Trinajstić information content (AvgIpc) is 2.93. The minimum atomic E-state index is -0.929. The molecule has 1 aromatic rings. The zero-order valence-electron chi connectivity index (χ0n) is 9.87. The quantitative estimate of drug-likeness (QED) is 0.787. The van der Waals surface area contributed by atoms with E-state index in [4.69, 9.17) is 5.11 Å². The van der Waals surface area contributed by atoms with Crippen molar-refractivity contribution in [2.45, 2.75) is 25.9 Å². The van der Waals surface area contributed by atoms with Gasteiger partial charge in [0.2, 0.25) is 5.91 Å². The van der Waals surface area contributed by atoms with Gasteiger partial charge in [0.05, 0.1) is 18.6 Å². The highest BCUT2D eigenvalue weighted by Gasteiger charge is 2.30. The van der Waals surface area contributed by atoms with Crippen molar-refractivity contribution < 1.29 is 14.7 Å². The standard InChI is InChI=1S/C11H14N4O3/c16-9-2-1-3-15(9)10-8-6-13(11(17)18)4-5-14(8)7-12-10/h7H,1-6H2,(H,17,18). The second kappa shape index (κ2) is 4.01. The fraction of sp³-hybridized carbons (Fsp3) is 0.545. The summed E-state index contributed by atoms with van der Waals surface area (Å²) in [6, 6.07) is 0. The first-order valence-electron chi connectivity index (χ1n) is 5.99. The smallest absolute Gasteiger partial charge is 0.407 e. The van der Waals surface area contributed by atoms with Gasteiger partial charge >= 0.3 is 6.09 Å². The number of aromatic nitrogens is 2. The van der Waals surface area contributed by atoms with Crippen LogP contribution in [0.4, 0.5) is 10.6 Å². The summed E-state index contributed by atoms with van der Waals surface area (Å²) in [5.74, 6) is 0.701. The number of rotatable bonds is 1. The second-order valence-corrected chi connectivity index (χ2v) is 4.56. The lowest BCUT2D eigenvalue weighted by Gasteiger charge is -2.27. The number of amides is 2. The number of fused-ring (bicyclic) bond motifs is 1. The van der Waals surface area contributed by atoms with Crippen LogP contribution in [0.25, 0.3) is 0 Å². The normalized spacial score (nSPS) is 19.2. The third kappa shape index (κ3) is 1.62. The summed E-state index contributed by atoms with van der Waals surface area (Å²) in [4.78, 5) is 30.0. The van der Waals surface area contributed by atoms with E-state index in [1.54, 1.807) is 11.2 Å². The lowest BCUT2D eigenvalue weighted by atomic mass is 10.3. The van der Waals surface area contributed by atoms with Gasteiger partial charge in [-0.05, 0) is 6.42 Å². The van der Waals surface area contributed by atoms with Crippen molar-refractivity contribution in [1.29, 1.82) is 0 Å². The summed E-state index contributed by atoms with van der Waals surface area (Å²) >= 11 is 0. The Bertz CT molecular complexity index is 510. The van der Waals surface area contributed by atoms with Crippen molar-refractivity contribution in [3.8, 4) is 0 Å². The van der Waals surface area contributed by atoms with Gasteiger partial charge in [0.25, 0.3) is 0 Å². The average molecular weight is 250 g/mol. The molecule has 3 rings (SSSR count). The van der Waals surface area contributed by atoms with E-state index in [2.05, 4.69) is 4.98 Å². The number of nitrogens with zero attached hydrogens (tertiary/aromatic N) is 4. The van der Waals surface area contributed by atoms with Gasteiger partial charge in [0, 0.05) is 26.1 Å². The maximum absolute atomic E-state index is 11.7. The molecular weight excluding hydrogens is 236 g/mol. The lowest BCUT2D eigenvalue weighted by Crippen LogP contribution is -2.38. The molecule has 0 atom stereocenters. The largest absolute Gasteiger partial charge is 0.465 e. The minimum Gasteiger partial charge on any atom is -0.465 e. The van der Waals surface area contributed by atoms with Gasteiger partial charge in [-0.3, -0.25) is 9.69 Å². The molecule has 1 saturated heterocycles. The van der Waals surface area contributed by atoms with E-state index < -0.39 is 6.09 Å². The van der Waals surface area contributed by atoms with Crippen LogP contribution in [0.3, 0.4) is 0 Å². The molecule has 7 heteroatoms. The van der Waals surface area contributed by atoms with E-state index >= 15 is 0 Å². The molecule has 2 amide bonds. The SMILES string of the molecule is O=C(O)N1CCn2cnc(N3CCCC3=O)c2C1. The van der Waals surface area contributed by atoms with Crippen LogP contribution in [0.15, 0.2) is 6.33 Å².